The highest BCUT2D eigenvalue weighted by atomic mass is 16.5. The molecule has 0 bridgehead atoms. The second kappa shape index (κ2) is 12.9. The number of nitrogens with zero attached hydrogens (tertiary/aromatic N) is 5. The predicted octanol–water partition coefficient (Wildman–Crippen LogP) is 5.62. The van der Waals surface area contributed by atoms with E-state index in [0.717, 1.165) is 54.2 Å². The fourth-order valence-corrected chi connectivity index (χ4v) is 6.25. The molecule has 44 heavy (non-hydrogen) atoms. The van der Waals surface area contributed by atoms with Crippen molar-refractivity contribution in [2.75, 3.05) is 20.8 Å². The summed E-state index contributed by atoms with van der Waals surface area (Å²) in [5, 5.41) is 8.59. The Morgan fingerprint density at radius 2 is 1.91 bits per heavy atom. The van der Waals surface area contributed by atoms with Gasteiger partial charge in [-0.25, -0.2) is 9.48 Å². The number of benzene rings is 3. The molecule has 0 amide bonds. The highest BCUT2D eigenvalue weighted by Crippen LogP contribution is 2.50. The molecule has 3 aromatic carbocycles. The van der Waals surface area contributed by atoms with Crippen LogP contribution in [0.25, 0.3) is 16.8 Å². The van der Waals surface area contributed by atoms with Crippen molar-refractivity contribution in [2.45, 2.75) is 44.8 Å². The van der Waals surface area contributed by atoms with Crippen LogP contribution in [0.4, 0.5) is 0 Å². The van der Waals surface area contributed by atoms with Gasteiger partial charge in [-0.15, -0.1) is 0 Å². The molecule has 0 saturated heterocycles. The average Bonchev–Trinajstić information content (AvgIpc) is 3.76. The van der Waals surface area contributed by atoms with Crippen molar-refractivity contribution >= 4 is 17.9 Å². The van der Waals surface area contributed by atoms with Crippen LogP contribution in [-0.2, 0) is 17.8 Å². The smallest absolute Gasteiger partial charge is 0.341 e. The molecule has 226 valence electrons. The monoisotopic (exact) mass is 590 g/mol. The van der Waals surface area contributed by atoms with E-state index in [1.807, 2.05) is 22.9 Å². The summed E-state index contributed by atoms with van der Waals surface area (Å²) in [6, 6.07) is 25.6. The number of aromatic nitrogens is 2. The number of hydrogen-bond acceptors (Lipinski definition) is 8. The number of methoxy groups -OCH3 is 1. The first kappa shape index (κ1) is 29.3. The molecule has 0 spiro atoms. The van der Waals surface area contributed by atoms with E-state index in [4.69, 9.17) is 15.3 Å². The quantitative estimate of drug-likeness (QED) is 0.117. The first-order valence-corrected chi connectivity index (χ1v) is 15.0. The Kier molecular flexibility index (Phi) is 8.56. The minimum absolute atomic E-state index is 0.0214. The maximum absolute atomic E-state index is 12.7. The van der Waals surface area contributed by atoms with Crippen LogP contribution in [0.2, 0.25) is 0 Å². The maximum atomic E-state index is 12.7. The number of hydrogen-bond donors (Lipinski definition) is 1. The normalized spacial score (nSPS) is 20.2. The topological polar surface area (TPSA) is 107 Å². The summed E-state index contributed by atoms with van der Waals surface area (Å²) in [6.45, 7) is 4.58. The van der Waals surface area contributed by atoms with Crippen molar-refractivity contribution in [1.82, 2.24) is 14.7 Å². The summed E-state index contributed by atoms with van der Waals surface area (Å²) in [4.78, 5) is 19.3. The Morgan fingerprint density at radius 1 is 1.11 bits per heavy atom. The van der Waals surface area contributed by atoms with E-state index in [-0.39, 0.29) is 11.8 Å². The van der Waals surface area contributed by atoms with Crippen molar-refractivity contribution < 1.29 is 14.3 Å². The van der Waals surface area contributed by atoms with E-state index in [9.17, 15) is 4.79 Å². The highest BCUT2D eigenvalue weighted by molar-refractivity contribution is 6.32. The number of ether oxygens (including phenoxy) is 2. The van der Waals surface area contributed by atoms with E-state index in [0.29, 0.717) is 23.9 Å². The van der Waals surface area contributed by atoms with Crippen LogP contribution in [0.5, 0.6) is 5.75 Å². The van der Waals surface area contributed by atoms with Gasteiger partial charge in [0, 0.05) is 49.8 Å². The first-order chi connectivity index (χ1) is 21.5. The van der Waals surface area contributed by atoms with Crippen LogP contribution in [-0.4, -0.2) is 59.4 Å². The number of hydrazone groups is 1. The lowest BCUT2D eigenvalue weighted by atomic mass is 10.0. The average molecular weight is 591 g/mol. The molecule has 2 heterocycles. The molecule has 1 fully saturated rings. The second-order valence-electron chi connectivity index (χ2n) is 11.4. The van der Waals surface area contributed by atoms with E-state index >= 15 is 0 Å². The number of rotatable bonds is 9. The van der Waals surface area contributed by atoms with Crippen LogP contribution in [0.1, 0.15) is 52.9 Å². The first-order valence-electron chi connectivity index (χ1n) is 15.0. The van der Waals surface area contributed by atoms with Crippen LogP contribution < -0.4 is 10.6 Å². The summed E-state index contributed by atoms with van der Waals surface area (Å²) < 4.78 is 13.1. The van der Waals surface area contributed by atoms with Gasteiger partial charge in [0.05, 0.1) is 30.4 Å². The minimum Gasteiger partial charge on any atom is -0.492 e. The number of nitrogens with two attached hydrogens (primary N) is 1. The zero-order chi connectivity index (χ0) is 30.6. The lowest BCUT2D eigenvalue weighted by Gasteiger charge is -2.28. The molecule has 1 aromatic heterocycles. The third-order valence-electron chi connectivity index (χ3n) is 8.65. The molecule has 6 rings (SSSR count). The minimum atomic E-state index is -0.414. The van der Waals surface area contributed by atoms with Crippen molar-refractivity contribution in [3.8, 4) is 22.6 Å². The molecule has 9 nitrogen and oxygen atoms in total. The fourth-order valence-electron chi connectivity index (χ4n) is 6.25. The van der Waals surface area contributed by atoms with Gasteiger partial charge in [-0.1, -0.05) is 55.5 Å². The van der Waals surface area contributed by atoms with Crippen LogP contribution in [0.15, 0.2) is 89.1 Å². The number of esters is 1. The van der Waals surface area contributed by atoms with Gasteiger partial charge in [-0.3, -0.25) is 9.89 Å². The van der Waals surface area contributed by atoms with Gasteiger partial charge in [-0.05, 0) is 53.8 Å². The molecule has 4 aromatic rings. The molecule has 1 aliphatic carbocycles. The van der Waals surface area contributed by atoms with Gasteiger partial charge in [0.15, 0.2) is 0 Å². The summed E-state index contributed by atoms with van der Waals surface area (Å²) in [6.07, 6.45) is 5.08. The lowest BCUT2D eigenvalue weighted by molar-refractivity contribution is 0.0599. The largest absolute Gasteiger partial charge is 0.492 e. The van der Waals surface area contributed by atoms with Gasteiger partial charge in [-0.2, -0.15) is 10.2 Å². The Labute approximate surface area is 258 Å². The summed E-state index contributed by atoms with van der Waals surface area (Å²) in [5.74, 6) is 6.31. The summed E-state index contributed by atoms with van der Waals surface area (Å²) >= 11 is 0. The van der Waals surface area contributed by atoms with Crippen LogP contribution >= 0.6 is 0 Å². The lowest BCUT2D eigenvalue weighted by Crippen LogP contribution is -2.36. The Bertz CT molecular complexity index is 1710. The molecular weight excluding hydrogens is 552 g/mol. The number of fused-ring (bicyclic) bond motifs is 1. The van der Waals surface area contributed by atoms with Crippen molar-refractivity contribution in [2.24, 2.45) is 21.9 Å². The molecule has 2 N–H and O–H groups in total. The summed E-state index contributed by atoms with van der Waals surface area (Å²) in [5.41, 5.74) is 7.47. The molecule has 2 unspecified atom stereocenters. The van der Waals surface area contributed by atoms with Gasteiger partial charge in [0.2, 0.25) is 0 Å². The molecule has 1 saturated carbocycles. The fraction of sp³-hybridized carbons (Fsp3) is 0.314. The molecule has 1 aliphatic heterocycles. The zero-order valence-electron chi connectivity index (χ0n) is 25.4. The van der Waals surface area contributed by atoms with Crippen molar-refractivity contribution in [1.29, 1.82) is 0 Å². The van der Waals surface area contributed by atoms with Gasteiger partial charge >= 0.3 is 5.97 Å². The molecule has 9 heteroatoms. The standard InChI is InChI=1S/C35H38N6O3/c1-4-27-22-44-33-14-6-5-10-26(33)21-40(27)20-23-9-7-11-24(15-23)25-12-8-13-28(16-25)41-34(31(18-38-41)35(42)43-3)30-17-29(30)32(39-36)19-37-2/h5-16,18-19,27,29-30H,4,17,20-22,36H2,1-3H3/t27?,29-,30?/m0/s1. The van der Waals surface area contributed by atoms with Crippen LogP contribution in [0, 0.1) is 5.92 Å². The molecule has 2 aliphatic rings. The Balaban J connectivity index is 1.29. The van der Waals surface area contributed by atoms with Crippen molar-refractivity contribution in [3.63, 3.8) is 0 Å². The SMILES string of the molecule is CCC1COc2ccccc2CN1Cc1cccc(-c2cccc(-n3ncc(C(=O)OC)c3C3C[C@@H]3C(C=NC)=NN)c2)c1. The highest BCUT2D eigenvalue weighted by Gasteiger charge is 2.46. The van der Waals surface area contributed by atoms with Crippen LogP contribution in [0.3, 0.4) is 0 Å². The number of para-hydroxylation sites is 1. The number of carbonyl (C=O) groups is 1. The Morgan fingerprint density at radius 3 is 2.68 bits per heavy atom. The molecule has 0 radical (unpaired) electrons. The third-order valence-corrected chi connectivity index (χ3v) is 8.65. The van der Waals surface area contributed by atoms with Gasteiger partial charge in [0.25, 0.3) is 0 Å². The maximum Gasteiger partial charge on any atom is 0.341 e. The Hall–Kier alpha value is -4.76. The van der Waals surface area contributed by atoms with E-state index in [2.05, 4.69) is 81.6 Å². The molecular formula is C35H38N6O3. The van der Waals surface area contributed by atoms with Gasteiger partial charge < -0.3 is 15.3 Å². The van der Waals surface area contributed by atoms with E-state index < -0.39 is 5.97 Å². The number of carbonyl (C=O) groups excluding carboxylic acids is 1. The number of aliphatic imine (C=N–C) groups is 1. The van der Waals surface area contributed by atoms with E-state index in [1.54, 1.807) is 19.5 Å². The second-order valence-corrected chi connectivity index (χ2v) is 11.4. The van der Waals surface area contributed by atoms with Crippen molar-refractivity contribution in [3.05, 3.63) is 101 Å². The predicted molar refractivity (Wildman–Crippen MR) is 172 cm³/mol. The van der Waals surface area contributed by atoms with Gasteiger partial charge in [0.1, 0.15) is 17.9 Å². The summed E-state index contributed by atoms with van der Waals surface area (Å²) in [7, 11) is 3.08. The zero-order valence-corrected chi connectivity index (χ0v) is 25.4. The molecule has 3 atom stereocenters. The third kappa shape index (κ3) is 5.88. The van der Waals surface area contributed by atoms with E-state index in [1.165, 1.54) is 18.2 Å².